The summed E-state index contributed by atoms with van der Waals surface area (Å²) in [6.07, 6.45) is 2.57. The molecular formula is C21H26O7. The summed E-state index contributed by atoms with van der Waals surface area (Å²) in [6.45, 7) is 6.50. The molecule has 0 aromatic heterocycles. The van der Waals surface area contributed by atoms with E-state index in [-0.39, 0.29) is 24.2 Å². The fourth-order valence-corrected chi connectivity index (χ4v) is 3.33. The molecule has 0 saturated heterocycles. The maximum absolute atomic E-state index is 12.7. The Morgan fingerprint density at radius 2 is 1.79 bits per heavy atom. The van der Waals surface area contributed by atoms with Gasteiger partial charge in [-0.1, -0.05) is 13.8 Å². The summed E-state index contributed by atoms with van der Waals surface area (Å²) in [5.74, 6) is -4.59. The minimum atomic E-state index is -1.45. The van der Waals surface area contributed by atoms with Crippen molar-refractivity contribution in [1.82, 2.24) is 0 Å². The summed E-state index contributed by atoms with van der Waals surface area (Å²) in [5.41, 5.74) is -1.99. The number of Topliss-reactive ketones (excluding diaryl/α,β-unsaturated/α-hetero) is 2. The molecule has 28 heavy (non-hydrogen) atoms. The van der Waals surface area contributed by atoms with Crippen molar-refractivity contribution in [1.29, 1.82) is 0 Å². The topological polar surface area (TPSA) is 118 Å². The molecule has 2 aliphatic rings. The molecule has 1 aliphatic carbocycles. The summed E-state index contributed by atoms with van der Waals surface area (Å²) < 4.78 is 5.17. The van der Waals surface area contributed by atoms with Crippen molar-refractivity contribution in [3.05, 3.63) is 34.5 Å². The standard InChI is InChI=1S/C21H26O7/c1-5-7-11-9-15(23)12(20(27)28-11)10-13-17(24)16(14(22)8-6-2)19(26)21(3,4)18(13)25/h9,12,24-25H,5-8,10H2,1-4H3. The summed E-state index contributed by atoms with van der Waals surface area (Å²) in [7, 11) is 0. The summed E-state index contributed by atoms with van der Waals surface area (Å²) in [6, 6.07) is 0. The molecule has 0 fully saturated rings. The molecule has 7 nitrogen and oxygen atoms in total. The maximum atomic E-state index is 12.7. The van der Waals surface area contributed by atoms with Gasteiger partial charge in [-0.05, 0) is 26.7 Å². The van der Waals surface area contributed by atoms with E-state index in [0.717, 1.165) is 0 Å². The molecule has 1 aliphatic heterocycles. The number of carbonyl (C=O) groups excluding carboxylic acids is 4. The lowest BCUT2D eigenvalue weighted by Gasteiger charge is -2.32. The third-order valence-electron chi connectivity index (χ3n) is 5.02. The van der Waals surface area contributed by atoms with Gasteiger partial charge in [0.05, 0.1) is 5.41 Å². The van der Waals surface area contributed by atoms with E-state index in [9.17, 15) is 29.4 Å². The Hall–Kier alpha value is -2.70. The molecular weight excluding hydrogens is 364 g/mol. The van der Waals surface area contributed by atoms with E-state index in [0.29, 0.717) is 19.3 Å². The van der Waals surface area contributed by atoms with Gasteiger partial charge in [-0.15, -0.1) is 0 Å². The number of carbonyl (C=O) groups is 4. The van der Waals surface area contributed by atoms with Crippen LogP contribution in [0.4, 0.5) is 0 Å². The van der Waals surface area contributed by atoms with Crippen molar-refractivity contribution in [3.63, 3.8) is 0 Å². The van der Waals surface area contributed by atoms with Gasteiger partial charge >= 0.3 is 5.97 Å². The van der Waals surface area contributed by atoms with E-state index in [1.807, 2.05) is 6.92 Å². The molecule has 0 aromatic rings. The van der Waals surface area contributed by atoms with E-state index in [1.54, 1.807) is 6.92 Å². The van der Waals surface area contributed by atoms with Crippen LogP contribution in [0, 0.1) is 11.3 Å². The fraction of sp³-hybridized carbons (Fsp3) is 0.524. The Morgan fingerprint density at radius 1 is 1.14 bits per heavy atom. The second-order valence-corrected chi connectivity index (χ2v) is 7.62. The zero-order valence-corrected chi connectivity index (χ0v) is 16.6. The van der Waals surface area contributed by atoms with Crippen molar-refractivity contribution in [2.24, 2.45) is 11.3 Å². The highest BCUT2D eigenvalue weighted by atomic mass is 16.5. The largest absolute Gasteiger partial charge is 0.511 e. The van der Waals surface area contributed by atoms with Gasteiger partial charge in [-0.2, -0.15) is 0 Å². The van der Waals surface area contributed by atoms with Gasteiger partial charge in [0, 0.05) is 30.9 Å². The van der Waals surface area contributed by atoms with Crippen LogP contribution in [0.25, 0.3) is 0 Å². The van der Waals surface area contributed by atoms with Crippen LogP contribution in [-0.2, 0) is 23.9 Å². The zero-order chi connectivity index (χ0) is 21.2. The lowest BCUT2D eigenvalue weighted by Crippen LogP contribution is -2.38. The molecule has 0 saturated carbocycles. The van der Waals surface area contributed by atoms with Crippen LogP contribution in [0.2, 0.25) is 0 Å². The monoisotopic (exact) mass is 390 g/mol. The van der Waals surface area contributed by atoms with E-state index >= 15 is 0 Å². The summed E-state index contributed by atoms with van der Waals surface area (Å²) in [5, 5.41) is 21.2. The quantitative estimate of drug-likeness (QED) is 0.388. The lowest BCUT2D eigenvalue weighted by molar-refractivity contribution is -0.149. The zero-order valence-electron chi connectivity index (χ0n) is 16.6. The number of rotatable bonds is 7. The second-order valence-electron chi connectivity index (χ2n) is 7.62. The third kappa shape index (κ3) is 3.79. The van der Waals surface area contributed by atoms with Crippen molar-refractivity contribution < 1.29 is 34.1 Å². The molecule has 7 heteroatoms. The lowest BCUT2D eigenvalue weighted by atomic mass is 9.72. The van der Waals surface area contributed by atoms with Crippen molar-refractivity contribution >= 4 is 23.3 Å². The molecule has 0 aromatic carbocycles. The third-order valence-corrected chi connectivity index (χ3v) is 5.02. The molecule has 0 amide bonds. The average molecular weight is 390 g/mol. The number of ketones is 3. The van der Waals surface area contributed by atoms with Crippen molar-refractivity contribution in [2.45, 2.75) is 59.8 Å². The summed E-state index contributed by atoms with van der Waals surface area (Å²) in [4.78, 5) is 49.8. The van der Waals surface area contributed by atoms with Gasteiger partial charge in [-0.25, -0.2) is 0 Å². The number of cyclic esters (lactones) is 1. The highest BCUT2D eigenvalue weighted by Gasteiger charge is 2.46. The number of hydrogen-bond acceptors (Lipinski definition) is 7. The molecule has 0 bridgehead atoms. The molecule has 2 rings (SSSR count). The Morgan fingerprint density at radius 3 is 2.32 bits per heavy atom. The van der Waals surface area contributed by atoms with Crippen LogP contribution in [0.1, 0.15) is 59.8 Å². The highest BCUT2D eigenvalue weighted by Crippen LogP contribution is 2.42. The molecule has 0 spiro atoms. The van der Waals surface area contributed by atoms with Crippen LogP contribution < -0.4 is 0 Å². The molecule has 152 valence electrons. The van der Waals surface area contributed by atoms with Gasteiger partial charge in [0.25, 0.3) is 0 Å². The number of aliphatic hydroxyl groups excluding tert-OH is 2. The van der Waals surface area contributed by atoms with Crippen molar-refractivity contribution in [2.75, 3.05) is 0 Å². The average Bonchev–Trinajstić information content (AvgIpc) is 2.60. The Labute approximate surface area is 163 Å². The number of ether oxygens (including phenoxy) is 1. The first kappa shape index (κ1) is 21.6. The molecule has 1 unspecified atom stereocenters. The number of esters is 1. The molecule has 1 atom stereocenters. The molecule has 0 radical (unpaired) electrons. The predicted octanol–water partition coefficient (Wildman–Crippen LogP) is 3.40. The van der Waals surface area contributed by atoms with Gasteiger partial charge in [0.1, 0.15) is 28.8 Å². The maximum Gasteiger partial charge on any atom is 0.322 e. The second kappa shape index (κ2) is 8.12. The fourth-order valence-electron chi connectivity index (χ4n) is 3.33. The number of aliphatic hydroxyl groups is 2. The Balaban J connectivity index is 2.46. The van der Waals surface area contributed by atoms with Crippen LogP contribution in [0.5, 0.6) is 0 Å². The van der Waals surface area contributed by atoms with Crippen LogP contribution >= 0.6 is 0 Å². The minimum Gasteiger partial charge on any atom is -0.511 e. The normalized spacial score (nSPS) is 22.4. The molecule has 2 N–H and O–H groups in total. The SMILES string of the molecule is CCCC(=O)C1=C(O)C(CC2C(=O)C=C(CCC)OC2=O)=C(O)C(C)(C)C1=O. The predicted molar refractivity (Wildman–Crippen MR) is 100 cm³/mol. The number of hydrogen-bond donors (Lipinski definition) is 2. The highest BCUT2D eigenvalue weighted by molar-refractivity contribution is 6.24. The smallest absolute Gasteiger partial charge is 0.322 e. The van der Waals surface area contributed by atoms with E-state index in [1.165, 1.54) is 19.9 Å². The summed E-state index contributed by atoms with van der Waals surface area (Å²) >= 11 is 0. The van der Waals surface area contributed by atoms with Crippen molar-refractivity contribution in [3.8, 4) is 0 Å². The first-order chi connectivity index (χ1) is 13.1. The van der Waals surface area contributed by atoms with E-state index in [4.69, 9.17) is 4.74 Å². The Kier molecular flexibility index (Phi) is 6.27. The van der Waals surface area contributed by atoms with Gasteiger partial charge < -0.3 is 14.9 Å². The molecule has 1 heterocycles. The first-order valence-electron chi connectivity index (χ1n) is 9.46. The minimum absolute atomic E-state index is 0.0583. The van der Waals surface area contributed by atoms with Gasteiger partial charge in [0.2, 0.25) is 0 Å². The van der Waals surface area contributed by atoms with Gasteiger partial charge in [-0.3, -0.25) is 19.2 Å². The first-order valence-corrected chi connectivity index (χ1v) is 9.46. The van der Waals surface area contributed by atoms with Crippen LogP contribution in [0.15, 0.2) is 34.5 Å². The number of allylic oxidation sites excluding steroid dienone is 5. The van der Waals surface area contributed by atoms with Crippen LogP contribution in [-0.4, -0.2) is 33.5 Å². The Bertz CT molecular complexity index is 824. The van der Waals surface area contributed by atoms with Crippen LogP contribution in [0.3, 0.4) is 0 Å². The van der Waals surface area contributed by atoms with Gasteiger partial charge in [0.15, 0.2) is 17.3 Å². The van der Waals surface area contributed by atoms with E-state index in [2.05, 4.69) is 0 Å². The van der Waals surface area contributed by atoms with E-state index < -0.39 is 51.7 Å².